The van der Waals surface area contributed by atoms with Gasteiger partial charge < -0.3 is 30.9 Å². The first-order chi connectivity index (χ1) is 23.7. The number of hydrogen-bond donors (Lipinski definition) is 6. The van der Waals surface area contributed by atoms with Gasteiger partial charge in [0, 0.05) is 22.1 Å². The van der Waals surface area contributed by atoms with Crippen LogP contribution in [0, 0.1) is 25.7 Å². The molecule has 2 aromatic carbocycles. The minimum Gasteiger partial charge on any atom is -0.491 e. The number of benzene rings is 2. The zero-order chi connectivity index (χ0) is 36.8. The molecule has 0 spiro atoms. The molecule has 0 radical (unpaired) electrons. The zero-order valence-electron chi connectivity index (χ0n) is 28.8. The highest BCUT2D eigenvalue weighted by Gasteiger charge is 2.14. The van der Waals surface area contributed by atoms with Crippen LogP contribution in [0.5, 0.6) is 11.5 Å². The van der Waals surface area contributed by atoms with Gasteiger partial charge in [-0.3, -0.25) is 20.2 Å². The van der Waals surface area contributed by atoms with E-state index in [1.54, 1.807) is 12.1 Å². The Balaban J connectivity index is 0.000000270. The third kappa shape index (κ3) is 14.1. The van der Waals surface area contributed by atoms with Crippen molar-refractivity contribution >= 4 is 68.3 Å². The number of nitrogens with two attached hydrogens (primary N) is 1. The first-order valence-electron chi connectivity index (χ1n) is 15.7. The van der Waals surface area contributed by atoms with E-state index in [0.717, 1.165) is 22.5 Å². The summed E-state index contributed by atoms with van der Waals surface area (Å²) in [7, 11) is 0. The van der Waals surface area contributed by atoms with Gasteiger partial charge in [-0.1, -0.05) is 39.8 Å². The van der Waals surface area contributed by atoms with E-state index in [1.807, 2.05) is 52.0 Å². The Bertz CT molecular complexity index is 1640. The maximum atomic E-state index is 12.2. The molecule has 0 aliphatic carbocycles. The van der Waals surface area contributed by atoms with Crippen LogP contribution in [0.1, 0.15) is 48.6 Å². The zero-order valence-corrected chi connectivity index (χ0v) is 30.4. The standard InChI is InChI=1S/C17H22N4O3S.C17H21N3O4S/c1-10(2)9-24-14-6-11(3)4-5-13(14)20-16(23)21-17-19-8-12(25-17)7-15(18)22;1-10(2)9-24-14-6-11(3)4-5-13(14)19-16(23)20-17-18-8-12(25-17)7-15(21)22/h4-6,8,10H,7,9H2,1-3H3,(H2,18,22)(H2,19,20,21,23);4-6,8,10H,7,9H2,1-3H3,(H,21,22)(H2,18,19,20,23). The summed E-state index contributed by atoms with van der Waals surface area (Å²) in [4.78, 5) is 55.2. The van der Waals surface area contributed by atoms with E-state index in [0.29, 0.717) is 67.9 Å². The molecule has 50 heavy (non-hydrogen) atoms. The molecule has 14 nitrogen and oxygen atoms in total. The number of amides is 5. The summed E-state index contributed by atoms with van der Waals surface area (Å²) in [5.41, 5.74) is 8.36. The number of aryl methyl sites for hydroxylation is 2. The number of carbonyl (C=O) groups is 4. The van der Waals surface area contributed by atoms with Gasteiger partial charge in [0.05, 0.1) is 37.4 Å². The van der Waals surface area contributed by atoms with Crippen molar-refractivity contribution in [3.05, 3.63) is 69.7 Å². The predicted octanol–water partition coefficient (Wildman–Crippen LogP) is 6.92. The lowest BCUT2D eigenvalue weighted by Gasteiger charge is -2.14. The molecule has 0 saturated carbocycles. The maximum Gasteiger partial charge on any atom is 0.325 e. The number of aromatic nitrogens is 2. The number of aliphatic carboxylic acids is 1. The number of hydrogen-bond acceptors (Lipinski definition) is 10. The van der Waals surface area contributed by atoms with Gasteiger partial charge in [-0.15, -0.1) is 22.7 Å². The Morgan fingerprint density at radius 3 is 1.52 bits per heavy atom. The summed E-state index contributed by atoms with van der Waals surface area (Å²) in [6, 6.07) is 10.2. The summed E-state index contributed by atoms with van der Waals surface area (Å²) >= 11 is 2.33. The quantitative estimate of drug-likeness (QED) is 0.0797. The summed E-state index contributed by atoms with van der Waals surface area (Å²) in [6.07, 6.45) is 2.95. The number of primary amides is 1. The van der Waals surface area contributed by atoms with Crippen molar-refractivity contribution < 1.29 is 33.8 Å². The van der Waals surface area contributed by atoms with Crippen molar-refractivity contribution in [2.45, 2.75) is 54.4 Å². The van der Waals surface area contributed by atoms with Crippen LogP contribution < -0.4 is 36.5 Å². The van der Waals surface area contributed by atoms with E-state index >= 15 is 0 Å². The topological polar surface area (TPSA) is 207 Å². The molecule has 7 N–H and O–H groups in total. The van der Waals surface area contributed by atoms with Crippen molar-refractivity contribution in [3.8, 4) is 11.5 Å². The number of carboxylic acid groups (broad SMARTS) is 1. The fourth-order valence-corrected chi connectivity index (χ4v) is 5.55. The van der Waals surface area contributed by atoms with Gasteiger partial charge in [0.25, 0.3) is 0 Å². The number of thiazole rings is 2. The monoisotopic (exact) mass is 725 g/mol. The third-order valence-corrected chi connectivity index (χ3v) is 7.96. The fourth-order valence-electron chi connectivity index (χ4n) is 3.93. The van der Waals surface area contributed by atoms with Crippen molar-refractivity contribution in [2.24, 2.45) is 17.6 Å². The minimum absolute atomic E-state index is 0.103. The lowest BCUT2D eigenvalue weighted by molar-refractivity contribution is -0.136. The second-order valence-electron chi connectivity index (χ2n) is 12.0. The molecule has 4 rings (SSSR count). The molecule has 0 saturated heterocycles. The third-order valence-electron chi connectivity index (χ3n) is 6.14. The van der Waals surface area contributed by atoms with Crippen LogP contribution in [0.4, 0.5) is 31.2 Å². The number of urea groups is 2. The van der Waals surface area contributed by atoms with Gasteiger partial charge in [-0.2, -0.15) is 0 Å². The maximum absolute atomic E-state index is 12.2. The molecule has 2 aromatic heterocycles. The molecule has 0 aliphatic rings. The SMILES string of the molecule is Cc1ccc(NC(=O)Nc2ncc(CC(=O)O)s2)c(OCC(C)C)c1.Cc1ccc(NC(=O)Nc2ncc(CC(N)=O)s2)c(OCC(C)C)c1. The summed E-state index contributed by atoms with van der Waals surface area (Å²) in [6.45, 7) is 13.2. The number of nitrogens with zero attached hydrogens (tertiary/aromatic N) is 2. The molecule has 0 unspecified atom stereocenters. The number of anilines is 4. The van der Waals surface area contributed by atoms with Crippen LogP contribution in [0.25, 0.3) is 0 Å². The Labute approximate surface area is 298 Å². The molecule has 268 valence electrons. The van der Waals surface area contributed by atoms with Gasteiger partial charge in [-0.25, -0.2) is 19.6 Å². The first kappa shape index (κ1) is 39.2. The molecular formula is C34H43N7O7S2. The van der Waals surface area contributed by atoms with Crippen molar-refractivity contribution in [2.75, 3.05) is 34.5 Å². The van der Waals surface area contributed by atoms with E-state index in [-0.39, 0.29) is 12.8 Å². The van der Waals surface area contributed by atoms with Crippen LogP contribution in [0.2, 0.25) is 0 Å². The molecule has 0 aliphatic heterocycles. The molecular weight excluding hydrogens is 683 g/mol. The second-order valence-corrected chi connectivity index (χ2v) is 14.3. The highest BCUT2D eigenvalue weighted by molar-refractivity contribution is 7.16. The molecule has 5 amide bonds. The molecule has 4 aromatic rings. The summed E-state index contributed by atoms with van der Waals surface area (Å²) in [5, 5.41) is 20.2. The number of rotatable bonds is 14. The van der Waals surface area contributed by atoms with Crippen LogP contribution in [0.3, 0.4) is 0 Å². The number of ether oxygens (including phenoxy) is 2. The largest absolute Gasteiger partial charge is 0.491 e. The van der Waals surface area contributed by atoms with Gasteiger partial charge in [0.15, 0.2) is 10.3 Å². The Hall–Kier alpha value is -5.22. The first-order valence-corrected chi connectivity index (χ1v) is 17.3. The molecule has 16 heteroatoms. The smallest absolute Gasteiger partial charge is 0.325 e. The van der Waals surface area contributed by atoms with Crippen LogP contribution in [-0.4, -0.2) is 52.2 Å². The summed E-state index contributed by atoms with van der Waals surface area (Å²) < 4.78 is 11.5. The van der Waals surface area contributed by atoms with Crippen LogP contribution >= 0.6 is 22.7 Å². The summed E-state index contributed by atoms with van der Waals surface area (Å²) in [5.74, 6) is 0.593. The lowest BCUT2D eigenvalue weighted by Crippen LogP contribution is -2.20. The van der Waals surface area contributed by atoms with Gasteiger partial charge in [0.2, 0.25) is 5.91 Å². The number of carbonyl (C=O) groups excluding carboxylic acids is 3. The highest BCUT2D eigenvalue weighted by atomic mass is 32.1. The van der Waals surface area contributed by atoms with Gasteiger partial charge in [-0.05, 0) is 61.1 Å². The second kappa shape index (κ2) is 19.1. The molecule has 0 bridgehead atoms. The predicted molar refractivity (Wildman–Crippen MR) is 197 cm³/mol. The van der Waals surface area contributed by atoms with Gasteiger partial charge in [0.1, 0.15) is 11.5 Å². The average Bonchev–Trinajstić information content (AvgIpc) is 3.65. The average molecular weight is 726 g/mol. The van der Waals surface area contributed by atoms with E-state index in [9.17, 15) is 19.2 Å². The van der Waals surface area contributed by atoms with Crippen molar-refractivity contribution in [1.82, 2.24) is 9.97 Å². The number of carboxylic acids is 1. The fraction of sp³-hybridized carbons (Fsp3) is 0.353. The Morgan fingerprint density at radius 2 is 1.14 bits per heavy atom. The van der Waals surface area contributed by atoms with Crippen molar-refractivity contribution in [1.29, 1.82) is 0 Å². The number of nitrogens with one attached hydrogen (secondary N) is 4. The Kier molecular flexibility index (Phi) is 15.0. The van der Waals surface area contributed by atoms with Crippen molar-refractivity contribution in [3.63, 3.8) is 0 Å². The lowest BCUT2D eigenvalue weighted by atomic mass is 10.2. The van der Waals surface area contributed by atoms with E-state index in [4.69, 9.17) is 20.3 Å². The van der Waals surface area contributed by atoms with Crippen LogP contribution in [-0.2, 0) is 22.4 Å². The normalized spacial score (nSPS) is 10.6. The molecule has 0 fully saturated rings. The van der Waals surface area contributed by atoms with Crippen LogP contribution in [0.15, 0.2) is 48.8 Å². The van der Waals surface area contributed by atoms with E-state index in [2.05, 4.69) is 45.1 Å². The minimum atomic E-state index is -0.939. The van der Waals surface area contributed by atoms with E-state index < -0.39 is 23.9 Å². The highest BCUT2D eigenvalue weighted by Crippen LogP contribution is 2.28. The van der Waals surface area contributed by atoms with E-state index in [1.165, 1.54) is 23.7 Å². The molecule has 0 atom stereocenters. The Morgan fingerprint density at radius 1 is 0.720 bits per heavy atom. The molecule has 2 heterocycles. The van der Waals surface area contributed by atoms with Gasteiger partial charge >= 0.3 is 18.0 Å².